The third-order valence-corrected chi connectivity index (χ3v) is 4.94. The van der Waals surface area contributed by atoms with E-state index in [0.29, 0.717) is 0 Å². The Morgan fingerprint density at radius 2 is 2.05 bits per heavy atom. The molecule has 2 unspecified atom stereocenters. The van der Waals surface area contributed by atoms with Crippen molar-refractivity contribution in [2.45, 2.75) is 32.4 Å². The first kappa shape index (κ1) is 16.1. The Morgan fingerprint density at radius 3 is 2.57 bits per heavy atom. The summed E-state index contributed by atoms with van der Waals surface area (Å²) >= 11 is 4.91. The van der Waals surface area contributed by atoms with Gasteiger partial charge in [0.05, 0.1) is 6.04 Å². The number of amides is 1. The maximum absolute atomic E-state index is 12.5. The number of nitrogens with one attached hydrogen (secondary N) is 1. The lowest BCUT2D eigenvalue weighted by molar-refractivity contribution is -0.126. The van der Waals surface area contributed by atoms with Crippen molar-refractivity contribution in [3.63, 3.8) is 0 Å². The van der Waals surface area contributed by atoms with Crippen molar-refractivity contribution in [3.05, 3.63) is 50.4 Å². The molecule has 0 bridgehead atoms. The number of nitrogens with zero attached hydrogens (tertiary/aromatic N) is 1. The second-order valence-electron chi connectivity index (χ2n) is 5.23. The zero-order chi connectivity index (χ0) is 15.6. The Hall–Kier alpha value is -1.24. The van der Waals surface area contributed by atoms with Gasteiger partial charge in [0.15, 0.2) is 0 Å². The van der Waals surface area contributed by atoms with Gasteiger partial charge in [-0.25, -0.2) is 4.98 Å². The van der Waals surface area contributed by atoms with E-state index in [4.69, 9.17) is 5.73 Å². The van der Waals surface area contributed by atoms with Crippen LogP contribution in [0, 0.1) is 6.92 Å². The van der Waals surface area contributed by atoms with E-state index < -0.39 is 5.54 Å². The zero-order valence-corrected chi connectivity index (χ0v) is 14.6. The molecule has 2 atom stereocenters. The molecule has 0 aliphatic carbocycles. The van der Waals surface area contributed by atoms with Crippen LogP contribution >= 0.6 is 27.3 Å². The smallest absolute Gasteiger partial charge is 0.244 e. The Bertz CT molecular complexity index is 637. The molecule has 0 fully saturated rings. The molecule has 2 aromatic rings. The summed E-state index contributed by atoms with van der Waals surface area (Å²) in [6, 6.07) is 7.29. The summed E-state index contributed by atoms with van der Waals surface area (Å²) in [4.78, 5) is 16.9. The molecule has 0 saturated heterocycles. The first-order valence-corrected chi connectivity index (χ1v) is 8.26. The average Bonchev–Trinajstić information content (AvgIpc) is 2.86. The second kappa shape index (κ2) is 6.25. The summed E-state index contributed by atoms with van der Waals surface area (Å²) in [5, 5.41) is 5.78. The van der Waals surface area contributed by atoms with Crippen molar-refractivity contribution in [1.29, 1.82) is 0 Å². The van der Waals surface area contributed by atoms with Crippen LogP contribution in [0.4, 0.5) is 0 Å². The molecule has 0 radical (unpaired) electrons. The number of aromatic nitrogens is 1. The van der Waals surface area contributed by atoms with Crippen LogP contribution < -0.4 is 11.1 Å². The topological polar surface area (TPSA) is 68.0 Å². The fourth-order valence-electron chi connectivity index (χ4n) is 1.91. The molecular weight excluding hydrogens is 350 g/mol. The van der Waals surface area contributed by atoms with Crippen molar-refractivity contribution in [2.24, 2.45) is 5.73 Å². The van der Waals surface area contributed by atoms with Gasteiger partial charge in [-0.1, -0.05) is 28.1 Å². The van der Waals surface area contributed by atoms with Crippen LogP contribution in [-0.4, -0.2) is 10.9 Å². The van der Waals surface area contributed by atoms with Crippen molar-refractivity contribution < 1.29 is 4.79 Å². The van der Waals surface area contributed by atoms with Crippen LogP contribution in [0.2, 0.25) is 0 Å². The van der Waals surface area contributed by atoms with Crippen LogP contribution in [0.5, 0.6) is 0 Å². The number of aryl methyl sites for hydroxylation is 1. The van der Waals surface area contributed by atoms with Crippen LogP contribution in [-0.2, 0) is 10.3 Å². The van der Waals surface area contributed by atoms with Gasteiger partial charge in [0, 0.05) is 15.5 Å². The minimum Gasteiger partial charge on any atom is -0.345 e. The summed E-state index contributed by atoms with van der Waals surface area (Å²) in [6.45, 7) is 5.56. The Kier molecular flexibility index (Phi) is 4.81. The number of rotatable bonds is 4. The van der Waals surface area contributed by atoms with Gasteiger partial charge in [0.25, 0.3) is 0 Å². The summed E-state index contributed by atoms with van der Waals surface area (Å²) in [6.07, 6.45) is 0. The molecular formula is C15H18BrN3OS. The van der Waals surface area contributed by atoms with E-state index in [1.54, 1.807) is 6.92 Å². The highest BCUT2D eigenvalue weighted by Crippen LogP contribution is 2.23. The summed E-state index contributed by atoms with van der Waals surface area (Å²) < 4.78 is 0.953. The molecule has 0 spiro atoms. The van der Waals surface area contributed by atoms with E-state index in [1.165, 1.54) is 11.3 Å². The van der Waals surface area contributed by atoms with Gasteiger partial charge in [0.1, 0.15) is 10.5 Å². The molecule has 0 saturated carbocycles. The number of halogens is 1. The molecule has 2 rings (SSSR count). The van der Waals surface area contributed by atoms with E-state index in [0.717, 1.165) is 20.7 Å². The summed E-state index contributed by atoms with van der Waals surface area (Å²) in [5.74, 6) is -0.217. The molecule has 1 amide bonds. The summed E-state index contributed by atoms with van der Waals surface area (Å²) in [5.41, 5.74) is 6.86. The maximum atomic E-state index is 12.5. The minimum atomic E-state index is -1.08. The molecule has 1 aromatic heterocycles. The fraction of sp³-hybridized carbons (Fsp3) is 0.333. The molecule has 3 N–H and O–H groups in total. The molecule has 0 aliphatic heterocycles. The maximum Gasteiger partial charge on any atom is 0.244 e. The van der Waals surface area contributed by atoms with Crippen molar-refractivity contribution >= 4 is 33.2 Å². The van der Waals surface area contributed by atoms with Crippen LogP contribution in [0.3, 0.4) is 0 Å². The minimum absolute atomic E-state index is 0.158. The predicted molar refractivity (Wildman–Crippen MR) is 89.1 cm³/mol. The standard InChI is InChI=1S/C15H18BrN3OS/c1-9-8-21-13(18-9)10(2)19-14(20)15(3,17)11-4-6-12(16)7-5-11/h4-8,10H,17H2,1-3H3,(H,19,20). The highest BCUT2D eigenvalue weighted by atomic mass is 79.9. The zero-order valence-electron chi connectivity index (χ0n) is 12.2. The monoisotopic (exact) mass is 367 g/mol. The molecule has 0 aliphatic rings. The molecule has 112 valence electrons. The van der Waals surface area contributed by atoms with E-state index in [9.17, 15) is 4.79 Å². The first-order chi connectivity index (χ1) is 9.80. The lowest BCUT2D eigenvalue weighted by atomic mass is 9.92. The van der Waals surface area contributed by atoms with Crippen molar-refractivity contribution in [3.8, 4) is 0 Å². The second-order valence-corrected chi connectivity index (χ2v) is 7.04. The molecule has 4 nitrogen and oxygen atoms in total. The third-order valence-electron chi connectivity index (χ3n) is 3.27. The number of hydrogen-bond acceptors (Lipinski definition) is 4. The number of benzene rings is 1. The van der Waals surface area contributed by atoms with Gasteiger partial charge in [-0.15, -0.1) is 11.3 Å². The van der Waals surface area contributed by atoms with Gasteiger partial charge in [-0.05, 0) is 38.5 Å². The van der Waals surface area contributed by atoms with Crippen LogP contribution in [0.1, 0.15) is 36.2 Å². The van der Waals surface area contributed by atoms with Gasteiger partial charge in [-0.3, -0.25) is 4.79 Å². The largest absolute Gasteiger partial charge is 0.345 e. The van der Waals surface area contributed by atoms with Gasteiger partial charge in [-0.2, -0.15) is 0 Å². The van der Waals surface area contributed by atoms with Gasteiger partial charge >= 0.3 is 0 Å². The number of thiazole rings is 1. The third kappa shape index (κ3) is 3.70. The lowest BCUT2D eigenvalue weighted by Gasteiger charge is -2.26. The van der Waals surface area contributed by atoms with Crippen LogP contribution in [0.25, 0.3) is 0 Å². The molecule has 21 heavy (non-hydrogen) atoms. The van der Waals surface area contributed by atoms with Gasteiger partial charge in [0.2, 0.25) is 5.91 Å². The summed E-state index contributed by atoms with van der Waals surface area (Å²) in [7, 11) is 0. The average molecular weight is 368 g/mol. The quantitative estimate of drug-likeness (QED) is 0.871. The number of carbonyl (C=O) groups is 1. The van der Waals surface area contributed by atoms with E-state index in [1.807, 2.05) is 43.5 Å². The molecule has 1 heterocycles. The van der Waals surface area contributed by atoms with Crippen LogP contribution in [0.15, 0.2) is 34.1 Å². The normalized spacial score (nSPS) is 15.3. The first-order valence-electron chi connectivity index (χ1n) is 6.58. The molecule has 6 heteroatoms. The highest BCUT2D eigenvalue weighted by Gasteiger charge is 2.31. The predicted octanol–water partition coefficient (Wildman–Crippen LogP) is 3.27. The lowest BCUT2D eigenvalue weighted by Crippen LogP contribution is -2.49. The highest BCUT2D eigenvalue weighted by molar-refractivity contribution is 9.10. The van der Waals surface area contributed by atoms with E-state index in [-0.39, 0.29) is 11.9 Å². The Balaban J connectivity index is 2.13. The Labute approximate surface area is 136 Å². The van der Waals surface area contributed by atoms with E-state index >= 15 is 0 Å². The fourth-order valence-corrected chi connectivity index (χ4v) is 2.97. The number of nitrogens with two attached hydrogens (primary N) is 1. The van der Waals surface area contributed by atoms with E-state index in [2.05, 4.69) is 26.2 Å². The number of hydrogen-bond donors (Lipinski definition) is 2. The van der Waals surface area contributed by atoms with Gasteiger partial charge < -0.3 is 11.1 Å². The number of carbonyl (C=O) groups excluding carboxylic acids is 1. The van der Waals surface area contributed by atoms with Crippen molar-refractivity contribution in [1.82, 2.24) is 10.3 Å². The molecule has 1 aromatic carbocycles. The van der Waals surface area contributed by atoms with Crippen molar-refractivity contribution in [2.75, 3.05) is 0 Å². The Morgan fingerprint density at radius 1 is 1.43 bits per heavy atom. The SMILES string of the molecule is Cc1csc(C(C)NC(=O)C(C)(N)c2ccc(Br)cc2)n1.